The van der Waals surface area contributed by atoms with Crippen LogP contribution in [0.15, 0.2) is 0 Å². The average molecular weight is 317 g/mol. The first kappa shape index (κ1) is 13.8. The van der Waals surface area contributed by atoms with Crippen molar-refractivity contribution in [2.24, 2.45) is 0 Å². The van der Waals surface area contributed by atoms with Crippen molar-refractivity contribution in [2.45, 2.75) is 51.1 Å². The van der Waals surface area contributed by atoms with Crippen LogP contribution in [0.3, 0.4) is 0 Å². The van der Waals surface area contributed by atoms with E-state index in [1.807, 2.05) is 4.90 Å². The van der Waals surface area contributed by atoms with Crippen molar-refractivity contribution in [1.82, 2.24) is 9.80 Å². The molecule has 2 heterocycles. The minimum atomic E-state index is -0.212. The Morgan fingerprint density at radius 2 is 1.83 bits per heavy atom. The Hall–Kier alpha value is -0.580. The zero-order valence-corrected chi connectivity index (χ0v) is 12.5. The molecule has 0 radical (unpaired) electrons. The van der Waals surface area contributed by atoms with E-state index in [1.54, 1.807) is 4.90 Å². The van der Waals surface area contributed by atoms with E-state index in [0.717, 1.165) is 38.8 Å². The van der Waals surface area contributed by atoms with Crippen LogP contribution in [0.4, 0.5) is 0 Å². The molecule has 0 aliphatic carbocycles. The zero-order chi connectivity index (χ0) is 13.1. The van der Waals surface area contributed by atoms with Gasteiger partial charge in [0, 0.05) is 19.1 Å². The first-order chi connectivity index (χ1) is 8.65. The summed E-state index contributed by atoms with van der Waals surface area (Å²) in [7, 11) is 0. The van der Waals surface area contributed by atoms with Gasteiger partial charge in [-0.3, -0.25) is 9.59 Å². The van der Waals surface area contributed by atoms with Crippen LogP contribution in [0, 0.1) is 0 Å². The third-order valence-electron chi connectivity index (χ3n) is 4.06. The Morgan fingerprint density at radius 3 is 2.50 bits per heavy atom. The molecule has 0 aromatic heterocycles. The molecule has 5 heteroatoms. The summed E-state index contributed by atoms with van der Waals surface area (Å²) in [4.78, 5) is 28.1. The van der Waals surface area contributed by atoms with Crippen LogP contribution in [0.25, 0.3) is 0 Å². The van der Waals surface area contributed by atoms with E-state index in [2.05, 4.69) is 22.9 Å². The maximum atomic E-state index is 12.6. The number of hydrogen-bond donors (Lipinski definition) is 0. The summed E-state index contributed by atoms with van der Waals surface area (Å²) in [6.45, 7) is 3.69. The van der Waals surface area contributed by atoms with Crippen molar-refractivity contribution < 1.29 is 9.59 Å². The van der Waals surface area contributed by atoms with Gasteiger partial charge in [0.15, 0.2) is 0 Å². The number of carbonyl (C=O) groups is 2. The Balaban J connectivity index is 2.05. The number of hydrogen-bond acceptors (Lipinski definition) is 2. The molecule has 2 aliphatic rings. The Labute approximate surface area is 117 Å². The van der Waals surface area contributed by atoms with E-state index in [9.17, 15) is 9.59 Å². The molecule has 0 bridgehead atoms. The smallest absolute Gasteiger partial charge is 0.245 e. The molecule has 0 saturated carbocycles. The molecule has 4 nitrogen and oxygen atoms in total. The second-order valence-corrected chi connectivity index (χ2v) is 5.82. The number of amides is 2. The molecular formula is C13H21BrN2O2. The second-order valence-electron chi connectivity index (χ2n) is 5.26. The normalized spacial score (nSPS) is 28.6. The molecule has 0 N–H and O–H groups in total. The minimum absolute atomic E-state index is 0.0375. The van der Waals surface area contributed by atoms with E-state index < -0.39 is 0 Å². The highest BCUT2D eigenvalue weighted by atomic mass is 79.9. The van der Waals surface area contributed by atoms with Crippen LogP contribution in [-0.2, 0) is 9.59 Å². The highest BCUT2D eigenvalue weighted by Crippen LogP contribution is 2.24. The molecule has 0 unspecified atom stereocenters. The van der Waals surface area contributed by atoms with E-state index in [-0.39, 0.29) is 17.9 Å². The van der Waals surface area contributed by atoms with Gasteiger partial charge in [0.1, 0.15) is 6.04 Å². The van der Waals surface area contributed by atoms with Crippen molar-refractivity contribution >= 4 is 27.7 Å². The van der Waals surface area contributed by atoms with Gasteiger partial charge in [0.25, 0.3) is 0 Å². The van der Waals surface area contributed by atoms with Crippen molar-refractivity contribution in [3.63, 3.8) is 0 Å². The van der Waals surface area contributed by atoms with E-state index in [0.29, 0.717) is 11.4 Å². The van der Waals surface area contributed by atoms with Gasteiger partial charge < -0.3 is 9.80 Å². The lowest BCUT2D eigenvalue weighted by molar-refractivity contribution is -0.144. The number of nitrogens with zero attached hydrogens (tertiary/aromatic N) is 2. The molecule has 2 aliphatic heterocycles. The van der Waals surface area contributed by atoms with Gasteiger partial charge in [0.05, 0.1) is 5.33 Å². The molecule has 2 fully saturated rings. The lowest BCUT2D eigenvalue weighted by Crippen LogP contribution is -2.52. The summed E-state index contributed by atoms with van der Waals surface area (Å²) in [5.41, 5.74) is 0. The highest BCUT2D eigenvalue weighted by Gasteiger charge is 2.37. The summed E-state index contributed by atoms with van der Waals surface area (Å²) in [5.74, 6) is 0.199. The molecule has 2 amide bonds. The predicted molar refractivity (Wildman–Crippen MR) is 73.6 cm³/mol. The average Bonchev–Trinajstić information content (AvgIpc) is 2.86. The molecule has 0 aromatic carbocycles. The number of carbonyl (C=O) groups excluding carboxylic acids is 2. The van der Waals surface area contributed by atoms with Gasteiger partial charge in [-0.15, -0.1) is 0 Å². The molecule has 2 atom stereocenters. The third kappa shape index (κ3) is 2.71. The fourth-order valence-corrected chi connectivity index (χ4v) is 3.34. The SMILES string of the molecule is C[C@@H]1CCCCN1C(=O)[C@H]1CCCN1C(=O)CBr. The predicted octanol–water partition coefficient (Wildman–Crippen LogP) is 1.77. The van der Waals surface area contributed by atoms with E-state index >= 15 is 0 Å². The summed E-state index contributed by atoms with van der Waals surface area (Å²) in [6.07, 6.45) is 5.15. The van der Waals surface area contributed by atoms with Crippen molar-refractivity contribution in [2.75, 3.05) is 18.4 Å². The topological polar surface area (TPSA) is 40.6 Å². The quantitative estimate of drug-likeness (QED) is 0.729. The van der Waals surface area contributed by atoms with Crippen LogP contribution < -0.4 is 0 Å². The summed E-state index contributed by atoms with van der Waals surface area (Å²) < 4.78 is 0. The second kappa shape index (κ2) is 6.04. The Morgan fingerprint density at radius 1 is 1.11 bits per heavy atom. The van der Waals surface area contributed by atoms with Gasteiger partial charge >= 0.3 is 0 Å². The van der Waals surface area contributed by atoms with Gasteiger partial charge in [-0.1, -0.05) is 15.9 Å². The number of piperidine rings is 1. The largest absolute Gasteiger partial charge is 0.338 e. The minimum Gasteiger partial charge on any atom is -0.338 e. The molecule has 0 aromatic rings. The summed E-state index contributed by atoms with van der Waals surface area (Å²) >= 11 is 3.19. The van der Waals surface area contributed by atoms with E-state index in [1.165, 1.54) is 6.42 Å². The maximum Gasteiger partial charge on any atom is 0.245 e. The molecule has 18 heavy (non-hydrogen) atoms. The highest BCUT2D eigenvalue weighted by molar-refractivity contribution is 9.09. The van der Waals surface area contributed by atoms with Crippen molar-refractivity contribution in [1.29, 1.82) is 0 Å². The zero-order valence-electron chi connectivity index (χ0n) is 10.9. The molecule has 2 saturated heterocycles. The number of alkyl halides is 1. The number of rotatable bonds is 2. The van der Waals surface area contributed by atoms with Gasteiger partial charge in [-0.05, 0) is 39.0 Å². The van der Waals surface area contributed by atoms with E-state index in [4.69, 9.17) is 0 Å². The van der Waals surface area contributed by atoms with Crippen LogP contribution >= 0.6 is 15.9 Å². The lowest BCUT2D eigenvalue weighted by atomic mass is 10.0. The monoisotopic (exact) mass is 316 g/mol. The molecule has 102 valence electrons. The van der Waals surface area contributed by atoms with Gasteiger partial charge in [0.2, 0.25) is 11.8 Å². The first-order valence-corrected chi connectivity index (χ1v) is 7.93. The molecule has 0 spiro atoms. The fourth-order valence-electron chi connectivity index (χ4n) is 3.02. The maximum absolute atomic E-state index is 12.6. The van der Waals surface area contributed by atoms with Crippen molar-refractivity contribution in [3.05, 3.63) is 0 Å². The van der Waals surface area contributed by atoms with Gasteiger partial charge in [-0.25, -0.2) is 0 Å². The number of likely N-dealkylation sites (tertiary alicyclic amines) is 2. The third-order valence-corrected chi connectivity index (χ3v) is 4.54. The lowest BCUT2D eigenvalue weighted by Gasteiger charge is -2.37. The van der Waals surface area contributed by atoms with Crippen LogP contribution in [0.2, 0.25) is 0 Å². The van der Waals surface area contributed by atoms with Crippen LogP contribution in [-0.4, -0.2) is 52.1 Å². The Bertz CT molecular complexity index is 335. The van der Waals surface area contributed by atoms with Gasteiger partial charge in [-0.2, -0.15) is 0 Å². The van der Waals surface area contributed by atoms with Crippen LogP contribution in [0.5, 0.6) is 0 Å². The number of halogens is 1. The Kier molecular flexibility index (Phi) is 4.65. The first-order valence-electron chi connectivity index (χ1n) is 6.81. The molecule has 2 rings (SSSR count). The standard InChI is InChI=1S/C13H21BrN2O2/c1-10-5-2-3-7-15(10)13(18)11-6-4-8-16(11)12(17)9-14/h10-11H,2-9H2,1H3/t10-,11-/m1/s1. The molecular weight excluding hydrogens is 296 g/mol. The summed E-state index contributed by atoms with van der Waals surface area (Å²) in [6, 6.07) is 0.114. The summed E-state index contributed by atoms with van der Waals surface area (Å²) in [5, 5.41) is 0.312. The van der Waals surface area contributed by atoms with Crippen molar-refractivity contribution in [3.8, 4) is 0 Å². The fraction of sp³-hybridized carbons (Fsp3) is 0.846. The van der Waals surface area contributed by atoms with Crippen LogP contribution in [0.1, 0.15) is 39.0 Å².